The molecular weight excluding hydrogens is 338 g/mol. The maximum absolute atomic E-state index is 12.2. The van der Waals surface area contributed by atoms with Crippen LogP contribution in [0.25, 0.3) is 5.69 Å². The first-order valence-electron chi connectivity index (χ1n) is 8.05. The molecule has 1 heterocycles. The molecule has 2 aromatic rings. The lowest BCUT2D eigenvalue weighted by atomic mass is 10.0. The molecule has 0 atom stereocenters. The third kappa shape index (κ3) is 3.94. The third-order valence-electron chi connectivity index (χ3n) is 4.23. The number of nitrogens with zero attached hydrogens (tertiary/aromatic N) is 4. The van der Waals surface area contributed by atoms with Crippen molar-refractivity contribution in [3.63, 3.8) is 0 Å². The summed E-state index contributed by atoms with van der Waals surface area (Å²) in [5.41, 5.74) is 0.162. The summed E-state index contributed by atoms with van der Waals surface area (Å²) in [5.74, 6) is 0.761. The van der Waals surface area contributed by atoms with Crippen LogP contribution in [0.4, 0.5) is 0 Å². The summed E-state index contributed by atoms with van der Waals surface area (Å²) in [5, 5.41) is 20.9. The van der Waals surface area contributed by atoms with E-state index in [1.807, 2.05) is 24.3 Å². The monoisotopic (exact) mass is 357 g/mol. The highest BCUT2D eigenvalue weighted by Crippen LogP contribution is 2.29. The van der Waals surface area contributed by atoms with Crippen molar-refractivity contribution >= 4 is 17.7 Å². The van der Waals surface area contributed by atoms with E-state index in [2.05, 4.69) is 21.6 Å². The normalized spacial score (nSPS) is 15.5. The molecular formula is C17H19N5O2S. The number of ether oxygens (including phenoxy) is 1. The van der Waals surface area contributed by atoms with Gasteiger partial charge in [-0.15, -0.1) is 10.2 Å². The van der Waals surface area contributed by atoms with E-state index in [9.17, 15) is 10.1 Å². The van der Waals surface area contributed by atoms with Gasteiger partial charge in [0.15, 0.2) is 5.16 Å². The van der Waals surface area contributed by atoms with Gasteiger partial charge < -0.3 is 10.1 Å². The maximum Gasteiger partial charge on any atom is 0.231 e. The van der Waals surface area contributed by atoms with E-state index in [-0.39, 0.29) is 11.7 Å². The minimum atomic E-state index is -0.696. The molecule has 1 aromatic carbocycles. The Morgan fingerprint density at radius 3 is 3.00 bits per heavy atom. The van der Waals surface area contributed by atoms with Gasteiger partial charge in [0.25, 0.3) is 0 Å². The average Bonchev–Trinajstić information content (AvgIpc) is 3.30. The van der Waals surface area contributed by atoms with Gasteiger partial charge in [-0.2, -0.15) is 5.26 Å². The predicted octanol–water partition coefficient (Wildman–Crippen LogP) is 2.32. The van der Waals surface area contributed by atoms with Gasteiger partial charge >= 0.3 is 0 Å². The van der Waals surface area contributed by atoms with E-state index < -0.39 is 5.54 Å². The Balaban J connectivity index is 1.65. The molecule has 0 spiro atoms. The summed E-state index contributed by atoms with van der Waals surface area (Å²) in [6.07, 6.45) is 5.00. The van der Waals surface area contributed by atoms with Crippen molar-refractivity contribution < 1.29 is 9.53 Å². The Bertz CT molecular complexity index is 792. The van der Waals surface area contributed by atoms with Gasteiger partial charge in [-0.3, -0.25) is 9.36 Å². The van der Waals surface area contributed by atoms with Crippen molar-refractivity contribution in [2.75, 3.05) is 12.9 Å². The molecule has 0 unspecified atom stereocenters. The molecule has 1 aliphatic rings. The molecule has 0 radical (unpaired) electrons. The number of benzene rings is 1. The smallest absolute Gasteiger partial charge is 0.231 e. The zero-order chi connectivity index (χ0) is 17.7. The van der Waals surface area contributed by atoms with Crippen LogP contribution in [0.1, 0.15) is 25.7 Å². The molecule has 1 amide bonds. The van der Waals surface area contributed by atoms with Gasteiger partial charge in [0, 0.05) is 6.07 Å². The van der Waals surface area contributed by atoms with Crippen molar-refractivity contribution in [2.24, 2.45) is 0 Å². The van der Waals surface area contributed by atoms with Gasteiger partial charge in [-0.05, 0) is 37.8 Å². The van der Waals surface area contributed by atoms with Gasteiger partial charge in [0.1, 0.15) is 17.6 Å². The molecule has 1 saturated carbocycles. The molecule has 25 heavy (non-hydrogen) atoms. The van der Waals surface area contributed by atoms with Crippen LogP contribution < -0.4 is 10.1 Å². The second kappa shape index (κ2) is 7.57. The number of carbonyl (C=O) groups excluding carboxylic acids is 1. The SMILES string of the molecule is COc1cccc(-n2cnnc2SCC(=O)NC2(C#N)CCCC2)c1. The van der Waals surface area contributed by atoms with Gasteiger partial charge in [0.2, 0.25) is 5.91 Å². The van der Waals surface area contributed by atoms with Crippen LogP contribution in [0.15, 0.2) is 35.7 Å². The molecule has 130 valence electrons. The van der Waals surface area contributed by atoms with E-state index in [0.717, 1.165) is 37.1 Å². The minimum Gasteiger partial charge on any atom is -0.497 e. The van der Waals surface area contributed by atoms with E-state index in [1.54, 1.807) is 18.0 Å². The standard InChI is InChI=1S/C17H19N5O2S/c1-24-14-6-4-5-13(9-14)22-12-19-21-16(22)25-10-15(23)20-17(11-18)7-2-3-8-17/h4-6,9,12H,2-3,7-8,10H2,1H3,(H,20,23). The highest BCUT2D eigenvalue weighted by Gasteiger charge is 2.35. The van der Waals surface area contributed by atoms with Gasteiger partial charge in [0.05, 0.1) is 24.6 Å². The number of thioether (sulfide) groups is 1. The zero-order valence-electron chi connectivity index (χ0n) is 13.9. The average molecular weight is 357 g/mol. The number of nitriles is 1. The number of nitrogens with one attached hydrogen (secondary N) is 1. The van der Waals surface area contributed by atoms with E-state index in [0.29, 0.717) is 5.16 Å². The van der Waals surface area contributed by atoms with Gasteiger partial charge in [-0.25, -0.2) is 0 Å². The van der Waals surface area contributed by atoms with Crippen LogP contribution >= 0.6 is 11.8 Å². The lowest BCUT2D eigenvalue weighted by Gasteiger charge is -2.21. The number of carbonyl (C=O) groups is 1. The first-order valence-corrected chi connectivity index (χ1v) is 9.04. The molecule has 1 N–H and O–H groups in total. The molecule has 3 rings (SSSR count). The van der Waals surface area contributed by atoms with Crippen molar-refractivity contribution in [3.05, 3.63) is 30.6 Å². The number of amides is 1. The van der Waals surface area contributed by atoms with E-state index in [4.69, 9.17) is 4.74 Å². The fourth-order valence-electron chi connectivity index (χ4n) is 2.94. The fraction of sp³-hybridized carbons (Fsp3) is 0.412. The Hall–Kier alpha value is -2.53. The Morgan fingerprint density at radius 2 is 2.28 bits per heavy atom. The van der Waals surface area contributed by atoms with E-state index >= 15 is 0 Å². The second-order valence-corrected chi connectivity index (χ2v) is 6.87. The fourth-order valence-corrected chi connectivity index (χ4v) is 3.67. The molecule has 7 nitrogen and oxygen atoms in total. The summed E-state index contributed by atoms with van der Waals surface area (Å²) in [7, 11) is 1.61. The maximum atomic E-state index is 12.2. The number of hydrogen-bond acceptors (Lipinski definition) is 6. The van der Waals surface area contributed by atoms with Gasteiger partial charge in [-0.1, -0.05) is 17.8 Å². The lowest BCUT2D eigenvalue weighted by molar-refractivity contribution is -0.119. The summed E-state index contributed by atoms with van der Waals surface area (Å²) in [6, 6.07) is 9.79. The van der Waals surface area contributed by atoms with Crippen LogP contribution in [-0.4, -0.2) is 39.1 Å². The number of rotatable bonds is 6. The number of methoxy groups -OCH3 is 1. The Morgan fingerprint density at radius 1 is 1.48 bits per heavy atom. The molecule has 0 bridgehead atoms. The summed E-state index contributed by atoms with van der Waals surface area (Å²) in [6.45, 7) is 0. The largest absolute Gasteiger partial charge is 0.497 e. The molecule has 1 fully saturated rings. The van der Waals surface area contributed by atoms with Crippen LogP contribution in [0.3, 0.4) is 0 Å². The zero-order valence-corrected chi connectivity index (χ0v) is 14.8. The van der Waals surface area contributed by atoms with Crippen LogP contribution in [0, 0.1) is 11.3 Å². The summed E-state index contributed by atoms with van der Waals surface area (Å²) >= 11 is 1.29. The summed E-state index contributed by atoms with van der Waals surface area (Å²) < 4.78 is 7.03. The lowest BCUT2D eigenvalue weighted by Crippen LogP contribution is -2.45. The quantitative estimate of drug-likeness (QED) is 0.798. The predicted molar refractivity (Wildman–Crippen MR) is 93.6 cm³/mol. The molecule has 1 aliphatic carbocycles. The molecule has 8 heteroatoms. The highest BCUT2D eigenvalue weighted by atomic mass is 32.2. The van der Waals surface area contributed by atoms with Crippen molar-refractivity contribution in [2.45, 2.75) is 36.4 Å². The highest BCUT2D eigenvalue weighted by molar-refractivity contribution is 7.99. The minimum absolute atomic E-state index is 0.159. The first kappa shape index (κ1) is 17.3. The third-order valence-corrected chi connectivity index (χ3v) is 5.17. The molecule has 1 aromatic heterocycles. The van der Waals surface area contributed by atoms with Crippen LogP contribution in [-0.2, 0) is 4.79 Å². The summed E-state index contributed by atoms with van der Waals surface area (Å²) in [4.78, 5) is 12.2. The van der Waals surface area contributed by atoms with Crippen LogP contribution in [0.2, 0.25) is 0 Å². The molecule has 0 saturated heterocycles. The molecule has 0 aliphatic heterocycles. The Labute approximate surface area is 150 Å². The Kier molecular flexibility index (Phi) is 5.24. The number of hydrogen-bond donors (Lipinski definition) is 1. The van der Waals surface area contributed by atoms with E-state index in [1.165, 1.54) is 11.8 Å². The second-order valence-electron chi connectivity index (χ2n) is 5.92. The van der Waals surface area contributed by atoms with Crippen molar-refractivity contribution in [1.29, 1.82) is 5.26 Å². The first-order chi connectivity index (χ1) is 12.2. The topological polar surface area (TPSA) is 92.8 Å². The van der Waals surface area contributed by atoms with Crippen molar-refractivity contribution in [3.8, 4) is 17.5 Å². The van der Waals surface area contributed by atoms with Crippen molar-refractivity contribution in [1.82, 2.24) is 20.1 Å². The number of aromatic nitrogens is 3. The van der Waals surface area contributed by atoms with Crippen LogP contribution in [0.5, 0.6) is 5.75 Å².